The van der Waals surface area contributed by atoms with Gasteiger partial charge in [-0.3, -0.25) is 9.89 Å². The number of piperidine rings is 1. The maximum absolute atomic E-state index is 12.9. The van der Waals surface area contributed by atoms with Gasteiger partial charge in [-0.2, -0.15) is 23.3 Å². The first kappa shape index (κ1) is 27.4. The summed E-state index contributed by atoms with van der Waals surface area (Å²) in [5.74, 6) is 1.22. The number of carbonyl (C=O) groups excluding carboxylic acids is 1. The first-order valence-corrected chi connectivity index (χ1v) is 12.4. The van der Waals surface area contributed by atoms with Crippen molar-refractivity contribution < 1.29 is 18.0 Å². The number of hydrogen-bond acceptors (Lipinski definition) is 7. The fourth-order valence-corrected chi connectivity index (χ4v) is 4.62. The monoisotopic (exact) mass is 530 g/mol. The minimum absolute atomic E-state index is 0.0101. The number of likely N-dealkylation sites (N-methyl/N-ethyl adjacent to an activating group) is 1. The van der Waals surface area contributed by atoms with Crippen molar-refractivity contribution in [1.82, 2.24) is 30.0 Å². The molecule has 1 amide bonds. The molecule has 0 radical (unpaired) electrons. The van der Waals surface area contributed by atoms with Gasteiger partial charge in [0.15, 0.2) is 5.82 Å². The SMILES string of the molecule is Cc1cc(C2CCN(C(=O)CN(C)C)CC2)c(C)cc1Nc1ncc(C)c(Nc2cc(C(F)(F)F)[nH]n2)n1. The van der Waals surface area contributed by atoms with Crippen LogP contribution in [0.2, 0.25) is 0 Å². The van der Waals surface area contributed by atoms with Crippen molar-refractivity contribution in [2.75, 3.05) is 44.4 Å². The molecule has 0 atom stereocenters. The Balaban J connectivity index is 1.45. The Morgan fingerprint density at radius 2 is 1.79 bits per heavy atom. The zero-order valence-corrected chi connectivity index (χ0v) is 22.2. The molecule has 3 heterocycles. The molecule has 204 valence electrons. The Kier molecular flexibility index (Phi) is 7.91. The molecule has 3 N–H and O–H groups in total. The zero-order chi connectivity index (χ0) is 27.6. The summed E-state index contributed by atoms with van der Waals surface area (Å²) in [6, 6.07) is 5.13. The molecule has 0 bridgehead atoms. The van der Waals surface area contributed by atoms with Crippen molar-refractivity contribution in [3.05, 3.63) is 52.3 Å². The summed E-state index contributed by atoms with van der Waals surface area (Å²) < 4.78 is 38.6. The van der Waals surface area contributed by atoms with E-state index in [9.17, 15) is 18.0 Å². The number of benzene rings is 1. The van der Waals surface area contributed by atoms with Gasteiger partial charge in [0.25, 0.3) is 0 Å². The second kappa shape index (κ2) is 11.0. The second-order valence-corrected chi connectivity index (χ2v) is 10.1. The number of anilines is 4. The Morgan fingerprint density at radius 1 is 1.08 bits per heavy atom. The molecule has 0 spiro atoms. The number of hydrogen-bond donors (Lipinski definition) is 3. The summed E-state index contributed by atoms with van der Waals surface area (Å²) in [4.78, 5) is 25.0. The van der Waals surface area contributed by atoms with Gasteiger partial charge in [0.2, 0.25) is 11.9 Å². The summed E-state index contributed by atoms with van der Waals surface area (Å²) >= 11 is 0. The molecule has 1 aromatic carbocycles. The lowest BCUT2D eigenvalue weighted by molar-refractivity contribution is -0.141. The summed E-state index contributed by atoms with van der Waals surface area (Å²) in [7, 11) is 3.80. The van der Waals surface area contributed by atoms with Gasteiger partial charge in [-0.05, 0) is 76.4 Å². The number of nitrogens with one attached hydrogen (secondary N) is 3. The molecule has 0 saturated carbocycles. The van der Waals surface area contributed by atoms with Crippen molar-refractivity contribution in [2.45, 2.75) is 45.7 Å². The molecule has 1 aliphatic rings. The van der Waals surface area contributed by atoms with Crippen LogP contribution in [0, 0.1) is 20.8 Å². The summed E-state index contributed by atoms with van der Waals surface area (Å²) in [6.07, 6.45) is -1.07. The zero-order valence-electron chi connectivity index (χ0n) is 22.2. The fraction of sp³-hybridized carbons (Fsp3) is 0.462. The average Bonchev–Trinajstić information content (AvgIpc) is 3.32. The Labute approximate surface area is 219 Å². The average molecular weight is 531 g/mol. The van der Waals surface area contributed by atoms with E-state index in [1.54, 1.807) is 13.1 Å². The van der Waals surface area contributed by atoms with Crippen LogP contribution in [0.15, 0.2) is 24.4 Å². The first-order chi connectivity index (χ1) is 17.9. The molecule has 2 aromatic heterocycles. The van der Waals surface area contributed by atoms with E-state index in [-0.39, 0.29) is 11.7 Å². The number of carbonyl (C=O) groups is 1. The Morgan fingerprint density at radius 3 is 2.42 bits per heavy atom. The highest BCUT2D eigenvalue weighted by Crippen LogP contribution is 2.34. The quantitative estimate of drug-likeness (QED) is 0.399. The maximum Gasteiger partial charge on any atom is 0.432 e. The van der Waals surface area contributed by atoms with E-state index in [4.69, 9.17) is 0 Å². The van der Waals surface area contributed by atoms with E-state index in [0.717, 1.165) is 48.8 Å². The highest BCUT2D eigenvalue weighted by atomic mass is 19.4. The molecule has 1 saturated heterocycles. The van der Waals surface area contributed by atoms with E-state index in [2.05, 4.69) is 44.8 Å². The van der Waals surface area contributed by atoms with Gasteiger partial charge in [0, 0.05) is 36.6 Å². The van der Waals surface area contributed by atoms with Gasteiger partial charge in [-0.25, -0.2) is 4.98 Å². The van der Waals surface area contributed by atoms with Gasteiger partial charge in [-0.1, -0.05) is 6.07 Å². The normalized spacial score (nSPS) is 14.7. The van der Waals surface area contributed by atoms with Gasteiger partial charge in [0.1, 0.15) is 11.5 Å². The van der Waals surface area contributed by atoms with Crippen LogP contribution >= 0.6 is 0 Å². The highest BCUT2D eigenvalue weighted by Gasteiger charge is 2.33. The van der Waals surface area contributed by atoms with Crippen molar-refractivity contribution in [3.8, 4) is 0 Å². The topological polar surface area (TPSA) is 102 Å². The van der Waals surface area contributed by atoms with Crippen LogP contribution in [-0.2, 0) is 11.0 Å². The van der Waals surface area contributed by atoms with Crippen LogP contribution in [0.5, 0.6) is 0 Å². The molecule has 0 unspecified atom stereocenters. The molecular weight excluding hydrogens is 497 g/mol. The van der Waals surface area contributed by atoms with Crippen LogP contribution in [0.25, 0.3) is 0 Å². The Hall–Kier alpha value is -3.67. The molecule has 9 nitrogen and oxygen atoms in total. The molecule has 0 aliphatic carbocycles. The number of aryl methyl sites for hydroxylation is 3. The summed E-state index contributed by atoms with van der Waals surface area (Å²) in [5, 5.41) is 11.7. The predicted molar refractivity (Wildman–Crippen MR) is 140 cm³/mol. The highest BCUT2D eigenvalue weighted by molar-refractivity contribution is 5.78. The number of likely N-dealkylation sites (tertiary alicyclic amines) is 1. The maximum atomic E-state index is 12.9. The van der Waals surface area contributed by atoms with Crippen molar-refractivity contribution >= 4 is 29.2 Å². The number of aromatic amines is 1. The number of nitrogens with zero attached hydrogens (tertiary/aromatic N) is 5. The molecule has 12 heteroatoms. The van der Waals surface area contributed by atoms with E-state index in [0.29, 0.717) is 29.8 Å². The number of halogens is 3. The third kappa shape index (κ3) is 6.42. The minimum atomic E-state index is -4.51. The number of H-pyrrole nitrogens is 1. The first-order valence-electron chi connectivity index (χ1n) is 12.4. The lowest BCUT2D eigenvalue weighted by Gasteiger charge is -2.33. The molecule has 38 heavy (non-hydrogen) atoms. The fourth-order valence-electron chi connectivity index (χ4n) is 4.62. The lowest BCUT2D eigenvalue weighted by Crippen LogP contribution is -2.42. The predicted octanol–water partition coefficient (Wildman–Crippen LogP) is 4.90. The largest absolute Gasteiger partial charge is 0.432 e. The van der Waals surface area contributed by atoms with E-state index in [1.165, 1.54) is 5.56 Å². The van der Waals surface area contributed by atoms with E-state index in [1.807, 2.05) is 35.9 Å². The Bertz CT molecular complexity index is 1300. The van der Waals surface area contributed by atoms with Crippen molar-refractivity contribution in [3.63, 3.8) is 0 Å². The van der Waals surface area contributed by atoms with Crippen LogP contribution in [0.3, 0.4) is 0 Å². The number of aromatic nitrogens is 4. The van der Waals surface area contributed by atoms with E-state index >= 15 is 0 Å². The molecular formula is C26H33F3N8O. The van der Waals surface area contributed by atoms with Crippen LogP contribution < -0.4 is 10.6 Å². The van der Waals surface area contributed by atoms with Crippen molar-refractivity contribution in [2.24, 2.45) is 0 Å². The summed E-state index contributed by atoms with van der Waals surface area (Å²) in [6.45, 7) is 7.77. The van der Waals surface area contributed by atoms with Crippen molar-refractivity contribution in [1.29, 1.82) is 0 Å². The number of rotatable bonds is 7. The molecule has 4 rings (SSSR count). The number of alkyl halides is 3. The van der Waals surface area contributed by atoms with E-state index < -0.39 is 11.9 Å². The lowest BCUT2D eigenvalue weighted by atomic mass is 9.85. The number of amides is 1. The van der Waals surface area contributed by atoms with Gasteiger partial charge in [-0.15, -0.1) is 0 Å². The van der Waals surface area contributed by atoms with Crippen LogP contribution in [-0.4, -0.2) is 69.6 Å². The third-order valence-electron chi connectivity index (χ3n) is 6.70. The van der Waals surface area contributed by atoms with Gasteiger partial charge in [0.05, 0.1) is 6.54 Å². The third-order valence-corrected chi connectivity index (χ3v) is 6.70. The molecule has 1 aliphatic heterocycles. The standard InChI is InChI=1S/C26H33F3N8O/c1-15-11-20(16(2)10-19(15)18-6-8-37(9-7-18)23(38)14-36(4)5)31-25-30-13-17(3)24(33-25)32-22-12-21(34-35-22)26(27,28)29/h10-13,18H,6-9,14H2,1-5H3,(H3,30,31,32,33,34,35). The molecule has 3 aromatic rings. The van der Waals surface area contributed by atoms with Crippen LogP contribution in [0.1, 0.15) is 46.7 Å². The minimum Gasteiger partial charge on any atom is -0.342 e. The van der Waals surface area contributed by atoms with Gasteiger partial charge >= 0.3 is 6.18 Å². The smallest absolute Gasteiger partial charge is 0.342 e. The summed E-state index contributed by atoms with van der Waals surface area (Å²) in [5.41, 5.74) is 4.00. The van der Waals surface area contributed by atoms with Gasteiger partial charge < -0.3 is 20.4 Å². The van der Waals surface area contributed by atoms with Crippen LogP contribution in [0.4, 0.5) is 36.4 Å². The second-order valence-electron chi connectivity index (χ2n) is 10.1. The molecule has 1 fully saturated rings.